The number of rotatable bonds is 6. The molecular weight excluding hydrogens is 439 g/mol. The lowest BCUT2D eigenvalue weighted by atomic mass is 10.2. The van der Waals surface area contributed by atoms with Crippen molar-refractivity contribution in [3.05, 3.63) is 57.6 Å². The molecule has 2 aromatic rings. The van der Waals surface area contributed by atoms with Crippen molar-refractivity contribution in [1.29, 1.82) is 0 Å². The highest BCUT2D eigenvalue weighted by molar-refractivity contribution is 7.99. The van der Waals surface area contributed by atoms with Crippen LogP contribution in [0, 0.1) is 0 Å². The fourth-order valence-corrected chi connectivity index (χ4v) is 5.09. The number of fused-ring (bicyclic) bond motifs is 1. The molecule has 0 saturated carbocycles. The lowest BCUT2D eigenvalue weighted by molar-refractivity contribution is -0.116. The Kier molecular flexibility index (Phi) is 6.61. The molecule has 0 bridgehead atoms. The molecule has 0 N–H and O–H groups in total. The first kappa shape index (κ1) is 21.5. The molecular formula is C19H20Cl2N2O3S2. The molecule has 0 saturated heterocycles. The zero-order chi connectivity index (χ0) is 20.5. The van der Waals surface area contributed by atoms with Crippen LogP contribution in [0.3, 0.4) is 0 Å². The molecule has 0 atom stereocenters. The second kappa shape index (κ2) is 8.63. The van der Waals surface area contributed by atoms with Crippen molar-refractivity contribution in [3.8, 4) is 0 Å². The first-order valence-corrected chi connectivity index (χ1v) is 11.9. The summed E-state index contributed by atoms with van der Waals surface area (Å²) in [5, 5.41) is 1.01. The Morgan fingerprint density at radius 3 is 2.57 bits per heavy atom. The van der Waals surface area contributed by atoms with Crippen molar-refractivity contribution in [2.45, 2.75) is 17.1 Å². The number of halogens is 2. The predicted octanol–water partition coefficient (Wildman–Crippen LogP) is 4.07. The van der Waals surface area contributed by atoms with E-state index in [1.807, 2.05) is 6.07 Å². The Bertz CT molecular complexity index is 1010. The van der Waals surface area contributed by atoms with Gasteiger partial charge in [-0.1, -0.05) is 29.3 Å². The molecule has 3 rings (SSSR count). The van der Waals surface area contributed by atoms with Gasteiger partial charge >= 0.3 is 0 Å². The van der Waals surface area contributed by atoms with E-state index in [9.17, 15) is 13.2 Å². The van der Waals surface area contributed by atoms with E-state index in [0.717, 1.165) is 16.8 Å². The van der Waals surface area contributed by atoms with Gasteiger partial charge in [0, 0.05) is 32.1 Å². The number of anilines is 1. The number of benzene rings is 2. The summed E-state index contributed by atoms with van der Waals surface area (Å²) in [6, 6.07) is 10.4. The van der Waals surface area contributed by atoms with Crippen LogP contribution in [0.25, 0.3) is 0 Å². The smallest absolute Gasteiger partial charge is 0.242 e. The van der Waals surface area contributed by atoms with Gasteiger partial charge in [0.05, 0.1) is 20.7 Å². The summed E-state index contributed by atoms with van der Waals surface area (Å²) >= 11 is 13.4. The molecule has 0 fully saturated rings. The van der Waals surface area contributed by atoms with Gasteiger partial charge in [-0.05, 0) is 47.9 Å². The largest absolute Gasteiger partial charge is 0.311 e. The SMILES string of the molecule is CN(C)S(=O)(=O)c1ccc2c(c1)CCN2C(=O)CSCc1ccc(Cl)c(Cl)c1. The molecule has 9 heteroatoms. The molecule has 1 heterocycles. The van der Waals surface area contributed by atoms with Gasteiger partial charge in [-0.2, -0.15) is 0 Å². The number of hydrogen-bond acceptors (Lipinski definition) is 4. The second-order valence-electron chi connectivity index (χ2n) is 6.61. The average molecular weight is 459 g/mol. The predicted molar refractivity (Wildman–Crippen MR) is 116 cm³/mol. The molecule has 0 spiro atoms. The van der Waals surface area contributed by atoms with Crippen LogP contribution in [-0.2, 0) is 27.0 Å². The first-order valence-electron chi connectivity index (χ1n) is 8.57. The van der Waals surface area contributed by atoms with Crippen LogP contribution >= 0.6 is 35.0 Å². The number of carbonyl (C=O) groups is 1. The van der Waals surface area contributed by atoms with E-state index >= 15 is 0 Å². The normalized spacial score (nSPS) is 13.8. The van der Waals surface area contributed by atoms with Crippen molar-refractivity contribution >= 4 is 56.6 Å². The summed E-state index contributed by atoms with van der Waals surface area (Å²) in [5.41, 5.74) is 2.68. The summed E-state index contributed by atoms with van der Waals surface area (Å²) in [7, 11) is -0.475. The van der Waals surface area contributed by atoms with E-state index in [2.05, 4.69) is 0 Å². The molecule has 5 nitrogen and oxygen atoms in total. The maximum atomic E-state index is 12.6. The van der Waals surface area contributed by atoms with Gasteiger partial charge < -0.3 is 4.90 Å². The van der Waals surface area contributed by atoms with Gasteiger partial charge in [-0.15, -0.1) is 11.8 Å². The highest BCUT2D eigenvalue weighted by Crippen LogP contribution is 2.31. The summed E-state index contributed by atoms with van der Waals surface area (Å²) in [5.74, 6) is 0.993. The zero-order valence-electron chi connectivity index (χ0n) is 15.5. The van der Waals surface area contributed by atoms with Crippen LogP contribution in [0.15, 0.2) is 41.3 Å². The van der Waals surface area contributed by atoms with Gasteiger partial charge in [0.25, 0.3) is 0 Å². The van der Waals surface area contributed by atoms with Crippen molar-refractivity contribution in [2.75, 3.05) is 31.3 Å². The number of sulfonamides is 1. The third kappa shape index (κ3) is 4.49. The van der Waals surface area contributed by atoms with Crippen molar-refractivity contribution in [3.63, 3.8) is 0 Å². The van der Waals surface area contributed by atoms with Crippen molar-refractivity contribution in [1.82, 2.24) is 4.31 Å². The molecule has 1 amide bonds. The number of thioether (sulfide) groups is 1. The van der Waals surface area contributed by atoms with Gasteiger partial charge in [0.2, 0.25) is 15.9 Å². The third-order valence-electron chi connectivity index (χ3n) is 4.50. The molecule has 0 aromatic heterocycles. The molecule has 0 aliphatic carbocycles. The van der Waals surface area contributed by atoms with Crippen molar-refractivity contribution < 1.29 is 13.2 Å². The van der Waals surface area contributed by atoms with E-state index in [4.69, 9.17) is 23.2 Å². The fraction of sp³-hybridized carbons (Fsp3) is 0.316. The summed E-state index contributed by atoms with van der Waals surface area (Å²) in [4.78, 5) is 14.6. The molecule has 28 heavy (non-hydrogen) atoms. The van der Waals surface area contributed by atoms with Gasteiger partial charge in [-0.25, -0.2) is 12.7 Å². The first-order chi connectivity index (χ1) is 13.2. The maximum Gasteiger partial charge on any atom is 0.242 e. The highest BCUT2D eigenvalue weighted by Gasteiger charge is 2.27. The van der Waals surface area contributed by atoms with E-state index < -0.39 is 10.0 Å². The molecule has 1 aliphatic heterocycles. The van der Waals surface area contributed by atoms with Crippen LogP contribution < -0.4 is 4.90 Å². The molecule has 1 aliphatic rings. The van der Waals surface area contributed by atoms with E-state index in [-0.39, 0.29) is 10.8 Å². The standard InChI is InChI=1S/C19H20Cl2N2O3S2/c1-22(2)28(25,26)15-4-6-18-14(10-15)7-8-23(18)19(24)12-27-11-13-3-5-16(20)17(21)9-13/h3-6,9-10H,7-8,11-12H2,1-2H3. The molecule has 0 radical (unpaired) electrons. The van der Waals surface area contributed by atoms with Gasteiger partial charge in [-0.3, -0.25) is 4.79 Å². The fourth-order valence-electron chi connectivity index (χ4n) is 2.97. The molecule has 150 valence electrons. The zero-order valence-corrected chi connectivity index (χ0v) is 18.6. The summed E-state index contributed by atoms with van der Waals surface area (Å²) in [6.45, 7) is 0.562. The summed E-state index contributed by atoms with van der Waals surface area (Å²) in [6.07, 6.45) is 0.648. The molecule has 0 unspecified atom stereocenters. The lowest BCUT2D eigenvalue weighted by Crippen LogP contribution is -2.30. The van der Waals surface area contributed by atoms with Crippen LogP contribution in [0.5, 0.6) is 0 Å². The number of carbonyl (C=O) groups excluding carboxylic acids is 1. The third-order valence-corrected chi connectivity index (χ3v) is 8.04. The second-order valence-corrected chi connectivity index (χ2v) is 10.6. The Hall–Kier alpha value is -1.25. The van der Waals surface area contributed by atoms with E-state index in [0.29, 0.717) is 34.5 Å². The minimum atomic E-state index is -3.48. The highest BCUT2D eigenvalue weighted by atomic mass is 35.5. The topological polar surface area (TPSA) is 57.7 Å². The Morgan fingerprint density at radius 2 is 1.89 bits per heavy atom. The Morgan fingerprint density at radius 1 is 1.14 bits per heavy atom. The van der Waals surface area contributed by atoms with Crippen LogP contribution in [0.4, 0.5) is 5.69 Å². The van der Waals surface area contributed by atoms with E-state index in [1.165, 1.54) is 30.2 Å². The Balaban J connectivity index is 1.65. The van der Waals surface area contributed by atoms with Crippen molar-refractivity contribution in [2.24, 2.45) is 0 Å². The number of amides is 1. The lowest BCUT2D eigenvalue weighted by Gasteiger charge is -2.18. The quantitative estimate of drug-likeness (QED) is 0.654. The van der Waals surface area contributed by atoms with Crippen LogP contribution in [0.2, 0.25) is 10.0 Å². The summed E-state index contributed by atoms with van der Waals surface area (Å²) < 4.78 is 25.8. The average Bonchev–Trinajstić information content (AvgIpc) is 3.07. The monoisotopic (exact) mass is 458 g/mol. The number of nitrogens with zero attached hydrogens (tertiary/aromatic N) is 2. The molecule has 2 aromatic carbocycles. The van der Waals surface area contributed by atoms with Gasteiger partial charge in [0.15, 0.2) is 0 Å². The number of hydrogen-bond donors (Lipinski definition) is 0. The van der Waals surface area contributed by atoms with E-state index in [1.54, 1.807) is 35.2 Å². The Labute approximate surface area is 179 Å². The van der Waals surface area contributed by atoms with Crippen LogP contribution in [0.1, 0.15) is 11.1 Å². The van der Waals surface area contributed by atoms with Crippen LogP contribution in [-0.4, -0.2) is 45.0 Å². The maximum absolute atomic E-state index is 12.6. The minimum absolute atomic E-state index is 0.00651. The van der Waals surface area contributed by atoms with Gasteiger partial charge in [0.1, 0.15) is 0 Å². The minimum Gasteiger partial charge on any atom is -0.311 e.